The molecule has 2 rings (SSSR count). The molecule has 1 atom stereocenters. The van der Waals surface area contributed by atoms with Crippen LogP contribution in [0.15, 0.2) is 18.2 Å². The van der Waals surface area contributed by atoms with Crippen LogP contribution in [0.5, 0.6) is 0 Å². The number of nitro benzene ring substituents is 1. The van der Waals surface area contributed by atoms with E-state index in [1.165, 1.54) is 12.1 Å². The van der Waals surface area contributed by atoms with Crippen molar-refractivity contribution < 1.29 is 4.92 Å². The highest BCUT2D eigenvalue weighted by Crippen LogP contribution is 2.20. The SMILES string of the molecule is CC(CCl)CNc1nc2ccc([N+](=O)[O-])cc2[nH]1. The van der Waals surface area contributed by atoms with Gasteiger partial charge in [0.15, 0.2) is 0 Å². The normalized spacial score (nSPS) is 12.6. The van der Waals surface area contributed by atoms with Gasteiger partial charge in [-0.25, -0.2) is 4.98 Å². The Bertz CT molecular complexity index is 569. The summed E-state index contributed by atoms with van der Waals surface area (Å²) >= 11 is 5.71. The van der Waals surface area contributed by atoms with Crippen molar-refractivity contribution in [3.8, 4) is 0 Å². The van der Waals surface area contributed by atoms with E-state index in [-0.39, 0.29) is 5.69 Å². The number of nitrogens with one attached hydrogen (secondary N) is 2. The molecule has 0 bridgehead atoms. The molecule has 0 fully saturated rings. The molecule has 0 aliphatic rings. The summed E-state index contributed by atoms with van der Waals surface area (Å²) in [6.45, 7) is 2.72. The van der Waals surface area contributed by atoms with Crippen molar-refractivity contribution in [2.75, 3.05) is 17.7 Å². The Balaban J connectivity index is 2.19. The van der Waals surface area contributed by atoms with Gasteiger partial charge in [-0.15, -0.1) is 11.6 Å². The van der Waals surface area contributed by atoms with Gasteiger partial charge >= 0.3 is 0 Å². The fourth-order valence-electron chi connectivity index (χ4n) is 1.52. The summed E-state index contributed by atoms with van der Waals surface area (Å²) in [7, 11) is 0. The number of rotatable bonds is 5. The molecule has 0 aliphatic carbocycles. The molecule has 96 valence electrons. The number of hydrogen-bond donors (Lipinski definition) is 2. The van der Waals surface area contributed by atoms with E-state index in [1.807, 2.05) is 6.92 Å². The fraction of sp³-hybridized carbons (Fsp3) is 0.364. The topological polar surface area (TPSA) is 83.8 Å². The maximum Gasteiger partial charge on any atom is 0.271 e. The van der Waals surface area contributed by atoms with E-state index in [1.54, 1.807) is 6.07 Å². The van der Waals surface area contributed by atoms with Gasteiger partial charge < -0.3 is 10.3 Å². The van der Waals surface area contributed by atoms with Gasteiger partial charge in [0.25, 0.3) is 5.69 Å². The van der Waals surface area contributed by atoms with Crippen LogP contribution >= 0.6 is 11.6 Å². The van der Waals surface area contributed by atoms with E-state index < -0.39 is 4.92 Å². The second-order valence-electron chi connectivity index (χ2n) is 4.18. The Hall–Kier alpha value is -1.82. The van der Waals surface area contributed by atoms with E-state index in [0.717, 1.165) is 0 Å². The second-order valence-corrected chi connectivity index (χ2v) is 4.49. The molecule has 0 radical (unpaired) electrons. The Morgan fingerprint density at radius 2 is 2.39 bits per heavy atom. The zero-order chi connectivity index (χ0) is 13.1. The maximum atomic E-state index is 10.6. The first-order chi connectivity index (χ1) is 8.60. The molecule has 1 heterocycles. The molecule has 2 aromatic rings. The van der Waals surface area contributed by atoms with Gasteiger partial charge in [-0.1, -0.05) is 6.92 Å². The molecule has 1 unspecified atom stereocenters. The third-order valence-electron chi connectivity index (χ3n) is 2.56. The van der Waals surface area contributed by atoms with Crippen molar-refractivity contribution in [2.45, 2.75) is 6.92 Å². The average molecular weight is 269 g/mol. The number of benzene rings is 1. The summed E-state index contributed by atoms with van der Waals surface area (Å²) in [5, 5.41) is 13.8. The van der Waals surface area contributed by atoms with Gasteiger partial charge in [-0.3, -0.25) is 10.1 Å². The maximum absolute atomic E-state index is 10.6. The van der Waals surface area contributed by atoms with Crippen molar-refractivity contribution >= 4 is 34.3 Å². The van der Waals surface area contributed by atoms with Crippen molar-refractivity contribution in [2.24, 2.45) is 5.92 Å². The number of alkyl halides is 1. The van der Waals surface area contributed by atoms with E-state index in [9.17, 15) is 10.1 Å². The molecule has 0 amide bonds. The van der Waals surface area contributed by atoms with Gasteiger partial charge in [0.05, 0.1) is 16.0 Å². The molecule has 0 aliphatic heterocycles. The molecule has 2 N–H and O–H groups in total. The minimum Gasteiger partial charge on any atom is -0.355 e. The van der Waals surface area contributed by atoms with Crippen LogP contribution in [0.25, 0.3) is 11.0 Å². The molecular weight excluding hydrogens is 256 g/mol. The Labute approximate surface area is 109 Å². The highest BCUT2D eigenvalue weighted by atomic mass is 35.5. The third-order valence-corrected chi connectivity index (χ3v) is 3.08. The number of H-pyrrole nitrogens is 1. The van der Waals surface area contributed by atoms with E-state index in [4.69, 9.17) is 11.6 Å². The number of aromatic amines is 1. The average Bonchev–Trinajstić information content (AvgIpc) is 2.77. The smallest absolute Gasteiger partial charge is 0.271 e. The summed E-state index contributed by atoms with van der Waals surface area (Å²) < 4.78 is 0. The second kappa shape index (κ2) is 5.22. The van der Waals surface area contributed by atoms with E-state index in [2.05, 4.69) is 15.3 Å². The molecule has 6 nitrogen and oxygen atoms in total. The number of non-ortho nitro benzene ring substituents is 1. The van der Waals surface area contributed by atoms with Crippen molar-refractivity contribution in [3.05, 3.63) is 28.3 Å². The van der Waals surface area contributed by atoms with Crippen LogP contribution < -0.4 is 5.32 Å². The van der Waals surface area contributed by atoms with Crippen molar-refractivity contribution in [3.63, 3.8) is 0 Å². The van der Waals surface area contributed by atoms with Gasteiger partial charge in [0.2, 0.25) is 5.95 Å². The largest absolute Gasteiger partial charge is 0.355 e. The van der Waals surface area contributed by atoms with Gasteiger partial charge in [0.1, 0.15) is 0 Å². The Kier molecular flexibility index (Phi) is 3.66. The van der Waals surface area contributed by atoms with Gasteiger partial charge in [-0.2, -0.15) is 0 Å². The van der Waals surface area contributed by atoms with Crippen molar-refractivity contribution in [1.29, 1.82) is 0 Å². The highest BCUT2D eigenvalue weighted by Gasteiger charge is 2.09. The molecule has 0 saturated carbocycles. The van der Waals surface area contributed by atoms with Gasteiger partial charge in [-0.05, 0) is 12.0 Å². The first kappa shape index (κ1) is 12.6. The van der Waals surface area contributed by atoms with Crippen molar-refractivity contribution in [1.82, 2.24) is 9.97 Å². The summed E-state index contributed by atoms with van der Waals surface area (Å²) in [6.07, 6.45) is 0. The Morgan fingerprint density at radius 1 is 1.61 bits per heavy atom. The summed E-state index contributed by atoms with van der Waals surface area (Å²) in [5.41, 5.74) is 1.39. The lowest BCUT2D eigenvalue weighted by molar-refractivity contribution is -0.384. The van der Waals surface area contributed by atoms with Crippen LogP contribution in [0.1, 0.15) is 6.92 Å². The molecule has 18 heavy (non-hydrogen) atoms. The minimum atomic E-state index is -0.428. The fourth-order valence-corrected chi connectivity index (χ4v) is 1.63. The predicted molar refractivity (Wildman–Crippen MR) is 71.1 cm³/mol. The first-order valence-electron chi connectivity index (χ1n) is 5.54. The number of nitrogens with zero attached hydrogens (tertiary/aromatic N) is 2. The number of fused-ring (bicyclic) bond motifs is 1. The lowest BCUT2D eigenvalue weighted by Gasteiger charge is -2.07. The number of nitro groups is 1. The molecule has 0 saturated heterocycles. The standard InChI is InChI=1S/C11H13ClN4O2/c1-7(5-12)6-13-11-14-9-3-2-8(16(17)18)4-10(9)15-11/h2-4,7H,5-6H2,1H3,(H2,13,14,15). The number of hydrogen-bond acceptors (Lipinski definition) is 4. The zero-order valence-electron chi connectivity index (χ0n) is 9.81. The molecule has 1 aromatic carbocycles. The van der Waals surface area contributed by atoms with Crippen LogP contribution in [0.3, 0.4) is 0 Å². The van der Waals surface area contributed by atoms with Crippen LogP contribution in [-0.4, -0.2) is 27.3 Å². The summed E-state index contributed by atoms with van der Waals surface area (Å²) in [5.74, 6) is 1.50. The predicted octanol–water partition coefficient (Wildman–Crippen LogP) is 2.76. The lowest BCUT2D eigenvalue weighted by atomic mass is 10.2. The minimum absolute atomic E-state index is 0.0480. The zero-order valence-corrected chi connectivity index (χ0v) is 10.6. The molecule has 7 heteroatoms. The van der Waals surface area contributed by atoms with E-state index >= 15 is 0 Å². The monoisotopic (exact) mass is 268 g/mol. The van der Waals surface area contributed by atoms with Crippen LogP contribution in [0.2, 0.25) is 0 Å². The first-order valence-corrected chi connectivity index (χ1v) is 6.07. The quantitative estimate of drug-likeness (QED) is 0.496. The highest BCUT2D eigenvalue weighted by molar-refractivity contribution is 6.18. The summed E-state index contributed by atoms with van der Waals surface area (Å²) in [6, 6.07) is 4.53. The number of imidazole rings is 1. The van der Waals surface area contributed by atoms with Gasteiger partial charge in [0, 0.05) is 24.6 Å². The van der Waals surface area contributed by atoms with Crippen LogP contribution in [0, 0.1) is 16.0 Å². The molecule has 1 aromatic heterocycles. The van der Waals surface area contributed by atoms with Crippen LogP contribution in [-0.2, 0) is 0 Å². The molecular formula is C11H13ClN4O2. The molecule has 0 spiro atoms. The number of anilines is 1. The third kappa shape index (κ3) is 2.70. The number of aromatic nitrogens is 2. The van der Waals surface area contributed by atoms with E-state index in [0.29, 0.717) is 35.3 Å². The number of halogens is 1. The van der Waals surface area contributed by atoms with Crippen LogP contribution in [0.4, 0.5) is 11.6 Å². The lowest BCUT2D eigenvalue weighted by Crippen LogP contribution is -2.13. The Morgan fingerprint density at radius 3 is 3.06 bits per heavy atom. The summed E-state index contributed by atoms with van der Waals surface area (Å²) in [4.78, 5) is 17.5.